The molecule has 0 spiro atoms. The molecule has 0 saturated heterocycles. The van der Waals surface area contributed by atoms with Crippen LogP contribution in [0.3, 0.4) is 0 Å². The van der Waals surface area contributed by atoms with E-state index in [1.165, 1.54) is 182 Å². The molecule has 0 radical (unpaired) electrons. The van der Waals surface area contributed by atoms with E-state index in [-0.39, 0.29) is 0 Å². The standard InChI is InChI=1S/C78H62N2S2/c1-5-19-51(20-6-1)55-39-45-63-69-50-74(80(58-25-11-4-12-26-58)60-43-37-54(38-44-60)62-30-18-32-68-66-28-14-16-34-76(66)82-78(62)68)72-48-56(52-21-7-2-8-22-52)40-46-64(72)70(69)49-73(71(63)47-55)79(57-23-9-3-10-24-57)59-41-35-53(36-42-59)61-29-17-31-67-65-27-13-15-33-75(65)81-77(61)67/h3-4,9-18,23-52H,1-2,5-8,19-22H2. The highest BCUT2D eigenvalue weighted by Gasteiger charge is 2.26. The van der Waals surface area contributed by atoms with Gasteiger partial charge in [0.05, 0.1) is 11.4 Å². The van der Waals surface area contributed by atoms with Crippen molar-refractivity contribution in [3.8, 4) is 22.3 Å². The van der Waals surface area contributed by atoms with Crippen molar-refractivity contribution >= 4 is 129 Å². The smallest absolute Gasteiger partial charge is 0.0546 e. The van der Waals surface area contributed by atoms with E-state index < -0.39 is 0 Å². The van der Waals surface area contributed by atoms with Gasteiger partial charge in [0.2, 0.25) is 0 Å². The summed E-state index contributed by atoms with van der Waals surface area (Å²) in [6, 6.07) is 92.6. The first kappa shape index (κ1) is 49.3. The normalized spacial score (nSPS) is 14.5. The van der Waals surface area contributed by atoms with E-state index in [9.17, 15) is 0 Å². The molecule has 2 nitrogen and oxygen atoms in total. The fourth-order valence-electron chi connectivity index (χ4n) is 14.3. The molecule has 0 aliphatic heterocycles. The highest BCUT2D eigenvalue weighted by molar-refractivity contribution is 7.26. The molecule has 2 aliphatic carbocycles. The maximum Gasteiger partial charge on any atom is 0.0546 e. The maximum absolute atomic E-state index is 2.59. The van der Waals surface area contributed by atoms with Gasteiger partial charge in [-0.15, -0.1) is 22.7 Å². The topological polar surface area (TPSA) is 6.48 Å². The van der Waals surface area contributed by atoms with Crippen LogP contribution in [-0.2, 0) is 0 Å². The Morgan fingerprint density at radius 2 is 0.646 bits per heavy atom. The molecular formula is C78H62N2S2. The summed E-state index contributed by atoms with van der Waals surface area (Å²) in [5.41, 5.74) is 14.9. The minimum Gasteiger partial charge on any atom is -0.310 e. The number of rotatable bonds is 10. The van der Waals surface area contributed by atoms with Crippen LogP contribution in [0.5, 0.6) is 0 Å². The van der Waals surface area contributed by atoms with Gasteiger partial charge in [-0.2, -0.15) is 0 Å². The molecule has 4 heteroatoms. The van der Waals surface area contributed by atoms with E-state index in [4.69, 9.17) is 0 Å². The van der Waals surface area contributed by atoms with Gasteiger partial charge in [0.15, 0.2) is 0 Å². The Morgan fingerprint density at radius 3 is 1.07 bits per heavy atom. The number of thiophene rings is 2. The minimum absolute atomic E-state index is 0.551. The van der Waals surface area contributed by atoms with Crippen LogP contribution in [0.15, 0.2) is 243 Å². The zero-order valence-electron chi connectivity index (χ0n) is 46.0. The molecule has 14 aromatic rings. The molecule has 0 bridgehead atoms. The Kier molecular flexibility index (Phi) is 12.5. The molecular weight excluding hydrogens is 1030 g/mol. The van der Waals surface area contributed by atoms with Gasteiger partial charge in [0, 0.05) is 73.9 Å². The molecule has 2 aromatic heterocycles. The molecule has 16 rings (SSSR count). The van der Waals surface area contributed by atoms with Crippen molar-refractivity contribution in [1.29, 1.82) is 0 Å². The molecule has 12 aromatic carbocycles. The lowest BCUT2D eigenvalue weighted by atomic mass is 9.82. The zero-order chi connectivity index (χ0) is 54.1. The fraction of sp³-hybridized carbons (Fsp3) is 0.154. The number of hydrogen-bond acceptors (Lipinski definition) is 4. The van der Waals surface area contributed by atoms with Crippen molar-refractivity contribution in [3.05, 3.63) is 254 Å². The Morgan fingerprint density at radius 1 is 0.268 bits per heavy atom. The second-order valence-electron chi connectivity index (χ2n) is 23.2. The van der Waals surface area contributed by atoms with Crippen LogP contribution in [0, 0.1) is 0 Å². The second-order valence-corrected chi connectivity index (χ2v) is 25.3. The molecule has 2 heterocycles. The predicted octanol–water partition coefficient (Wildman–Crippen LogP) is 24.3. The SMILES string of the molecule is c1ccc(N(c2ccc(-c3cccc4c3sc3ccccc34)cc2)c2cc3c4ccc(C5CCCCC5)cc4c(N(c4ccccc4)c4ccc(-c5cccc6c5sc5ccccc56)cc4)cc3c3ccc(C4CCCCC4)cc23)cc1. The van der Waals surface area contributed by atoms with Crippen LogP contribution < -0.4 is 9.80 Å². The third kappa shape index (κ3) is 8.57. The highest BCUT2D eigenvalue weighted by Crippen LogP contribution is 2.51. The van der Waals surface area contributed by atoms with Crippen LogP contribution in [0.4, 0.5) is 34.1 Å². The van der Waals surface area contributed by atoms with Gasteiger partial charge in [-0.05, 0) is 177 Å². The van der Waals surface area contributed by atoms with E-state index in [0.29, 0.717) is 11.8 Å². The van der Waals surface area contributed by atoms with Crippen molar-refractivity contribution in [2.45, 2.75) is 76.0 Å². The van der Waals surface area contributed by atoms with Crippen molar-refractivity contribution in [1.82, 2.24) is 0 Å². The maximum atomic E-state index is 2.59. The lowest BCUT2D eigenvalue weighted by molar-refractivity contribution is 0.444. The Balaban J connectivity index is 0.917. The number of hydrogen-bond donors (Lipinski definition) is 0. The Hall–Kier alpha value is -8.54. The average molecular weight is 1090 g/mol. The third-order valence-corrected chi connectivity index (χ3v) is 20.9. The van der Waals surface area contributed by atoms with Crippen LogP contribution >= 0.6 is 22.7 Å². The average Bonchev–Trinajstić information content (AvgIpc) is 3.49. The van der Waals surface area contributed by atoms with E-state index in [0.717, 1.165) is 22.7 Å². The molecule has 2 saturated carbocycles. The van der Waals surface area contributed by atoms with Gasteiger partial charge < -0.3 is 9.80 Å². The lowest BCUT2D eigenvalue weighted by Crippen LogP contribution is -2.12. The monoisotopic (exact) mass is 1090 g/mol. The summed E-state index contributed by atoms with van der Waals surface area (Å²) in [6.07, 6.45) is 12.8. The van der Waals surface area contributed by atoms with Crippen LogP contribution in [0.1, 0.15) is 87.2 Å². The van der Waals surface area contributed by atoms with Crippen molar-refractivity contribution in [2.75, 3.05) is 9.80 Å². The number of para-hydroxylation sites is 2. The summed E-state index contributed by atoms with van der Waals surface area (Å²) < 4.78 is 5.34. The van der Waals surface area contributed by atoms with Gasteiger partial charge in [-0.25, -0.2) is 0 Å². The number of nitrogens with zero attached hydrogens (tertiary/aromatic N) is 2. The van der Waals surface area contributed by atoms with Gasteiger partial charge in [0.25, 0.3) is 0 Å². The molecule has 0 amide bonds. The summed E-state index contributed by atoms with van der Waals surface area (Å²) in [4.78, 5) is 5.09. The first-order valence-electron chi connectivity index (χ1n) is 29.9. The van der Waals surface area contributed by atoms with Crippen molar-refractivity contribution in [3.63, 3.8) is 0 Å². The predicted molar refractivity (Wildman–Crippen MR) is 357 cm³/mol. The molecule has 82 heavy (non-hydrogen) atoms. The summed E-state index contributed by atoms with van der Waals surface area (Å²) in [6.45, 7) is 0. The fourth-order valence-corrected chi connectivity index (χ4v) is 16.8. The van der Waals surface area contributed by atoms with Crippen LogP contribution in [-0.4, -0.2) is 0 Å². The summed E-state index contributed by atoms with van der Waals surface area (Å²) >= 11 is 3.80. The molecule has 0 atom stereocenters. The number of anilines is 6. The minimum atomic E-state index is 0.551. The molecule has 0 unspecified atom stereocenters. The number of fused-ring (bicyclic) bond motifs is 11. The summed E-state index contributed by atoms with van der Waals surface area (Å²) in [5.74, 6) is 1.10. The van der Waals surface area contributed by atoms with Gasteiger partial charge in [-0.3, -0.25) is 0 Å². The first-order valence-corrected chi connectivity index (χ1v) is 31.5. The van der Waals surface area contributed by atoms with E-state index >= 15 is 0 Å². The van der Waals surface area contributed by atoms with Gasteiger partial charge >= 0.3 is 0 Å². The quantitative estimate of drug-likeness (QED) is 0.126. The van der Waals surface area contributed by atoms with Crippen molar-refractivity contribution in [2.24, 2.45) is 0 Å². The molecule has 0 N–H and O–H groups in total. The van der Waals surface area contributed by atoms with Crippen LogP contribution in [0.2, 0.25) is 0 Å². The molecule has 396 valence electrons. The van der Waals surface area contributed by atoms with E-state index in [1.54, 1.807) is 0 Å². The largest absolute Gasteiger partial charge is 0.310 e. The molecule has 2 aliphatic rings. The number of benzene rings is 12. The van der Waals surface area contributed by atoms with E-state index in [1.807, 2.05) is 22.7 Å². The summed E-state index contributed by atoms with van der Waals surface area (Å²) in [5, 5.41) is 13.0. The third-order valence-electron chi connectivity index (χ3n) is 18.4. The zero-order valence-corrected chi connectivity index (χ0v) is 47.7. The Labute approximate surface area is 488 Å². The second kappa shape index (κ2) is 20.8. The van der Waals surface area contributed by atoms with Crippen molar-refractivity contribution < 1.29 is 0 Å². The Bertz CT molecular complexity index is 4390. The molecule has 2 fully saturated rings. The highest BCUT2D eigenvalue weighted by atomic mass is 32.1. The van der Waals surface area contributed by atoms with Gasteiger partial charge in [0.1, 0.15) is 0 Å². The lowest BCUT2D eigenvalue weighted by Gasteiger charge is -2.31. The van der Waals surface area contributed by atoms with Crippen LogP contribution in [0.25, 0.3) is 94.9 Å². The first-order chi connectivity index (χ1) is 40.7. The summed E-state index contributed by atoms with van der Waals surface area (Å²) in [7, 11) is 0. The van der Waals surface area contributed by atoms with Gasteiger partial charge in [-0.1, -0.05) is 196 Å². The van der Waals surface area contributed by atoms with E-state index in [2.05, 4.69) is 252 Å².